The first-order chi connectivity index (χ1) is 12.1. The van der Waals surface area contributed by atoms with Gasteiger partial charge in [-0.2, -0.15) is 5.10 Å². The number of rotatable bonds is 5. The maximum Gasteiger partial charge on any atom is 0.243 e. The zero-order chi connectivity index (χ0) is 17.6. The van der Waals surface area contributed by atoms with Crippen LogP contribution in [0.2, 0.25) is 0 Å². The van der Waals surface area contributed by atoms with E-state index in [2.05, 4.69) is 21.2 Å². The van der Waals surface area contributed by atoms with Gasteiger partial charge in [0, 0.05) is 23.7 Å². The molecular weight excluding hydrogens is 316 g/mol. The molecule has 2 aromatic carbocycles. The molecule has 0 aromatic heterocycles. The molecule has 0 fully saturated rings. The Balaban J connectivity index is 1.57. The lowest BCUT2D eigenvalue weighted by Crippen LogP contribution is -2.31. The van der Waals surface area contributed by atoms with Gasteiger partial charge in [-0.1, -0.05) is 37.3 Å². The number of nitrogens with one attached hydrogen (secondary N) is 3. The van der Waals surface area contributed by atoms with Crippen molar-refractivity contribution in [3.05, 3.63) is 60.2 Å². The van der Waals surface area contributed by atoms with Crippen LogP contribution in [0.4, 0.5) is 11.4 Å². The highest BCUT2D eigenvalue weighted by atomic mass is 16.2. The molecular formula is C19H20N4O2. The summed E-state index contributed by atoms with van der Waals surface area (Å²) >= 11 is 0. The van der Waals surface area contributed by atoms with Gasteiger partial charge in [0.05, 0.1) is 12.3 Å². The topological polar surface area (TPSA) is 82.6 Å². The molecule has 0 aliphatic carbocycles. The Morgan fingerprint density at radius 3 is 2.52 bits per heavy atom. The summed E-state index contributed by atoms with van der Waals surface area (Å²) in [5, 5.41) is 10.1. The number of hydrogen-bond donors (Lipinski definition) is 3. The maximum absolute atomic E-state index is 12.0. The van der Waals surface area contributed by atoms with E-state index >= 15 is 0 Å². The normalized spacial score (nSPS) is 16.6. The molecule has 3 N–H and O–H groups in total. The molecule has 6 nitrogen and oxygen atoms in total. The second-order valence-electron chi connectivity index (χ2n) is 5.98. The molecule has 6 heteroatoms. The Morgan fingerprint density at radius 1 is 1.12 bits per heavy atom. The van der Waals surface area contributed by atoms with Crippen LogP contribution in [0.25, 0.3) is 0 Å². The lowest BCUT2D eigenvalue weighted by Gasteiger charge is -2.19. The van der Waals surface area contributed by atoms with Crippen molar-refractivity contribution in [1.29, 1.82) is 0 Å². The minimum Gasteiger partial charge on any atom is -0.376 e. The number of amides is 2. The number of carbonyl (C=O) groups is 2. The van der Waals surface area contributed by atoms with Crippen LogP contribution in [0.15, 0.2) is 59.7 Å². The minimum atomic E-state index is -0.118. The summed E-state index contributed by atoms with van der Waals surface area (Å²) in [6, 6.07) is 17.0. The highest BCUT2D eigenvalue weighted by molar-refractivity contribution is 6.06. The molecule has 128 valence electrons. The van der Waals surface area contributed by atoms with E-state index in [9.17, 15) is 9.59 Å². The average Bonchev–Trinajstić information content (AvgIpc) is 2.62. The van der Waals surface area contributed by atoms with Crippen molar-refractivity contribution in [2.45, 2.75) is 13.3 Å². The molecule has 2 amide bonds. The van der Waals surface area contributed by atoms with E-state index in [1.54, 1.807) is 0 Å². The van der Waals surface area contributed by atoms with E-state index in [0.29, 0.717) is 6.42 Å². The first-order valence-corrected chi connectivity index (χ1v) is 8.17. The smallest absolute Gasteiger partial charge is 0.243 e. The maximum atomic E-state index is 12.0. The van der Waals surface area contributed by atoms with Gasteiger partial charge < -0.3 is 10.6 Å². The Morgan fingerprint density at radius 2 is 1.84 bits per heavy atom. The van der Waals surface area contributed by atoms with Crippen molar-refractivity contribution >= 4 is 28.9 Å². The van der Waals surface area contributed by atoms with E-state index in [-0.39, 0.29) is 24.3 Å². The molecule has 1 aliphatic rings. The largest absolute Gasteiger partial charge is 0.376 e. The first kappa shape index (κ1) is 16.7. The SMILES string of the molecule is CC1CC(=O)NN=C1c1ccc(NC(=O)CNc2ccccc2)cc1. The average molecular weight is 336 g/mol. The molecule has 25 heavy (non-hydrogen) atoms. The molecule has 1 aliphatic heterocycles. The van der Waals surface area contributed by atoms with Crippen LogP contribution < -0.4 is 16.1 Å². The van der Waals surface area contributed by atoms with Gasteiger partial charge in [-0.25, -0.2) is 5.43 Å². The van der Waals surface area contributed by atoms with Gasteiger partial charge in [0.2, 0.25) is 11.8 Å². The van der Waals surface area contributed by atoms with Crippen LogP contribution in [0.1, 0.15) is 18.9 Å². The van der Waals surface area contributed by atoms with Crippen LogP contribution in [-0.4, -0.2) is 24.1 Å². The summed E-state index contributed by atoms with van der Waals surface area (Å²) in [6.45, 7) is 2.17. The van der Waals surface area contributed by atoms with Crippen LogP contribution in [0.3, 0.4) is 0 Å². The summed E-state index contributed by atoms with van der Waals surface area (Å²) < 4.78 is 0. The number of benzene rings is 2. The number of carbonyl (C=O) groups excluding carboxylic acids is 2. The van der Waals surface area contributed by atoms with Gasteiger partial charge in [-0.3, -0.25) is 9.59 Å². The Hall–Kier alpha value is -3.15. The molecule has 0 spiro atoms. The quantitative estimate of drug-likeness (QED) is 0.785. The summed E-state index contributed by atoms with van der Waals surface area (Å²) in [5.41, 5.74) is 5.92. The predicted molar refractivity (Wildman–Crippen MR) is 98.5 cm³/mol. The summed E-state index contributed by atoms with van der Waals surface area (Å²) in [5.74, 6) is -0.109. The lowest BCUT2D eigenvalue weighted by atomic mass is 9.94. The van der Waals surface area contributed by atoms with Crippen molar-refractivity contribution < 1.29 is 9.59 Å². The predicted octanol–water partition coefficient (Wildman–Crippen LogP) is 2.60. The van der Waals surface area contributed by atoms with Crippen LogP contribution in [0, 0.1) is 5.92 Å². The molecule has 0 saturated heterocycles. The molecule has 1 heterocycles. The van der Waals surface area contributed by atoms with Gasteiger partial charge in [0.25, 0.3) is 0 Å². The first-order valence-electron chi connectivity index (χ1n) is 8.17. The molecule has 0 saturated carbocycles. The van der Waals surface area contributed by atoms with Crippen molar-refractivity contribution in [2.75, 3.05) is 17.2 Å². The third-order valence-electron chi connectivity index (χ3n) is 3.95. The Labute approximate surface area is 146 Å². The zero-order valence-corrected chi connectivity index (χ0v) is 14.0. The summed E-state index contributed by atoms with van der Waals surface area (Å²) in [7, 11) is 0. The van der Waals surface area contributed by atoms with Crippen LogP contribution >= 0.6 is 0 Å². The van der Waals surface area contributed by atoms with Gasteiger partial charge >= 0.3 is 0 Å². The number of hydrogen-bond acceptors (Lipinski definition) is 4. The third-order valence-corrected chi connectivity index (χ3v) is 3.95. The zero-order valence-electron chi connectivity index (χ0n) is 14.0. The standard InChI is InChI=1S/C19H20N4O2/c1-13-11-17(24)22-23-19(13)14-7-9-16(10-8-14)21-18(25)12-20-15-5-3-2-4-6-15/h2-10,13,20H,11-12H2,1H3,(H,21,25)(H,22,24). The van der Waals surface area contributed by atoms with Gasteiger partial charge in [-0.15, -0.1) is 0 Å². The fraction of sp³-hybridized carbons (Fsp3) is 0.211. The lowest BCUT2D eigenvalue weighted by molar-refractivity contribution is -0.122. The van der Waals surface area contributed by atoms with Crippen molar-refractivity contribution in [2.24, 2.45) is 11.0 Å². The van der Waals surface area contributed by atoms with Gasteiger partial charge in [-0.05, 0) is 29.8 Å². The second kappa shape index (κ2) is 7.61. The van der Waals surface area contributed by atoms with E-state index < -0.39 is 0 Å². The van der Waals surface area contributed by atoms with Crippen LogP contribution in [0.5, 0.6) is 0 Å². The molecule has 1 atom stereocenters. The van der Waals surface area contributed by atoms with E-state index in [1.807, 2.05) is 61.5 Å². The Kier molecular flexibility index (Phi) is 5.09. The molecule has 0 radical (unpaired) electrons. The number of hydrazone groups is 1. The molecule has 1 unspecified atom stereocenters. The summed E-state index contributed by atoms with van der Waals surface area (Å²) in [6.07, 6.45) is 0.433. The molecule has 2 aromatic rings. The molecule has 3 rings (SSSR count). The number of nitrogens with zero attached hydrogens (tertiary/aromatic N) is 1. The number of anilines is 2. The van der Waals surface area contributed by atoms with Gasteiger partial charge in [0.1, 0.15) is 0 Å². The van der Waals surface area contributed by atoms with Crippen molar-refractivity contribution in [3.8, 4) is 0 Å². The third kappa shape index (κ3) is 4.44. The fourth-order valence-electron chi connectivity index (χ4n) is 2.67. The van der Waals surface area contributed by atoms with E-state index in [4.69, 9.17) is 0 Å². The monoisotopic (exact) mass is 336 g/mol. The van der Waals surface area contributed by atoms with E-state index in [0.717, 1.165) is 22.6 Å². The number of para-hydroxylation sites is 1. The minimum absolute atomic E-state index is 0.0638. The second-order valence-corrected chi connectivity index (χ2v) is 5.98. The van der Waals surface area contributed by atoms with E-state index in [1.165, 1.54) is 0 Å². The Bertz CT molecular complexity index is 785. The van der Waals surface area contributed by atoms with Gasteiger partial charge in [0.15, 0.2) is 0 Å². The fourth-order valence-corrected chi connectivity index (χ4v) is 2.67. The highest BCUT2D eigenvalue weighted by Gasteiger charge is 2.21. The van der Waals surface area contributed by atoms with Crippen LogP contribution in [-0.2, 0) is 9.59 Å². The molecule has 0 bridgehead atoms. The summed E-state index contributed by atoms with van der Waals surface area (Å²) in [4.78, 5) is 23.3. The van der Waals surface area contributed by atoms with Crippen molar-refractivity contribution in [1.82, 2.24) is 5.43 Å². The van der Waals surface area contributed by atoms with Crippen molar-refractivity contribution in [3.63, 3.8) is 0 Å². The highest BCUT2D eigenvalue weighted by Crippen LogP contribution is 2.18.